The number of anilines is 1. The van der Waals surface area contributed by atoms with Crippen LogP contribution in [0, 0.1) is 0 Å². The molecule has 0 aliphatic carbocycles. The second-order valence-corrected chi connectivity index (χ2v) is 4.80. The molecule has 2 heterocycles. The number of amides is 1. The minimum Gasteiger partial charge on any atom is -0.397 e. The van der Waals surface area contributed by atoms with Crippen LogP contribution in [0.3, 0.4) is 0 Å². The molecule has 0 radical (unpaired) electrons. The van der Waals surface area contributed by atoms with Crippen molar-refractivity contribution in [3.8, 4) is 0 Å². The van der Waals surface area contributed by atoms with Crippen LogP contribution in [0.1, 0.15) is 23.3 Å². The molecule has 0 atom stereocenters. The minimum atomic E-state index is 0.0243. The summed E-state index contributed by atoms with van der Waals surface area (Å²) in [5.41, 5.74) is 6.78. The van der Waals surface area contributed by atoms with E-state index in [4.69, 9.17) is 5.73 Å². The molecule has 0 saturated carbocycles. The average Bonchev–Trinajstić information content (AvgIpc) is 2.75. The van der Waals surface area contributed by atoms with Crippen LogP contribution < -0.4 is 5.73 Å². The van der Waals surface area contributed by atoms with E-state index in [1.54, 1.807) is 12.3 Å². The van der Waals surface area contributed by atoms with Gasteiger partial charge in [-0.15, -0.1) is 0 Å². The lowest BCUT2D eigenvalue weighted by molar-refractivity contribution is 0.0654. The summed E-state index contributed by atoms with van der Waals surface area (Å²) in [6.45, 7) is 2.10. The number of piperidine rings is 1. The van der Waals surface area contributed by atoms with Crippen LogP contribution in [0.5, 0.6) is 0 Å². The van der Waals surface area contributed by atoms with Gasteiger partial charge in [-0.05, 0) is 39.0 Å². The maximum Gasteiger partial charge on any atom is 0.270 e. The number of carbonyl (C=O) groups excluding carboxylic acids is 1. The predicted octanol–water partition coefficient (Wildman–Crippen LogP) is 0.763. The largest absolute Gasteiger partial charge is 0.397 e. The maximum atomic E-state index is 12.2. The summed E-state index contributed by atoms with van der Waals surface area (Å²) >= 11 is 0. The Labute approximate surface area is 102 Å². The van der Waals surface area contributed by atoms with Crippen LogP contribution in [0.15, 0.2) is 12.3 Å². The Morgan fingerprint density at radius 1 is 1.53 bits per heavy atom. The number of likely N-dealkylation sites (tertiary alicyclic amines) is 1. The first-order chi connectivity index (χ1) is 8.08. The van der Waals surface area contributed by atoms with Crippen LogP contribution in [-0.2, 0) is 0 Å². The number of nitrogen functional groups attached to an aromatic ring is 1. The first kappa shape index (κ1) is 12.0. The summed E-state index contributed by atoms with van der Waals surface area (Å²) < 4.78 is 0. The van der Waals surface area contributed by atoms with Crippen molar-refractivity contribution in [2.24, 2.45) is 0 Å². The number of rotatable bonds is 2. The molecule has 17 heavy (non-hydrogen) atoms. The molecule has 0 unspecified atom stereocenters. The maximum absolute atomic E-state index is 12.2. The number of nitrogens with one attached hydrogen (secondary N) is 1. The molecule has 1 aromatic heterocycles. The van der Waals surface area contributed by atoms with Gasteiger partial charge in [0, 0.05) is 25.0 Å². The van der Waals surface area contributed by atoms with Gasteiger partial charge >= 0.3 is 0 Å². The third kappa shape index (κ3) is 2.61. The van der Waals surface area contributed by atoms with Gasteiger partial charge in [-0.1, -0.05) is 0 Å². The zero-order chi connectivity index (χ0) is 12.4. The van der Waals surface area contributed by atoms with Gasteiger partial charge in [0.15, 0.2) is 0 Å². The number of aromatic nitrogens is 1. The van der Waals surface area contributed by atoms with Crippen molar-refractivity contribution in [2.75, 3.05) is 32.9 Å². The van der Waals surface area contributed by atoms with E-state index in [1.165, 1.54) is 0 Å². The second kappa shape index (κ2) is 4.79. The third-order valence-electron chi connectivity index (χ3n) is 3.49. The summed E-state index contributed by atoms with van der Waals surface area (Å²) in [5.74, 6) is 0.0243. The van der Waals surface area contributed by atoms with Crippen molar-refractivity contribution in [1.29, 1.82) is 0 Å². The second-order valence-electron chi connectivity index (χ2n) is 4.80. The molecule has 0 bridgehead atoms. The quantitative estimate of drug-likeness (QED) is 0.797. The molecule has 94 valence electrons. The highest BCUT2D eigenvalue weighted by molar-refractivity contribution is 5.93. The number of carbonyl (C=O) groups is 1. The Morgan fingerprint density at radius 2 is 2.18 bits per heavy atom. The van der Waals surface area contributed by atoms with Crippen molar-refractivity contribution in [2.45, 2.75) is 18.9 Å². The van der Waals surface area contributed by atoms with E-state index < -0.39 is 0 Å². The molecule has 1 aliphatic rings. The number of nitrogens with zero attached hydrogens (tertiary/aromatic N) is 2. The summed E-state index contributed by atoms with van der Waals surface area (Å²) in [6.07, 6.45) is 3.72. The van der Waals surface area contributed by atoms with E-state index in [1.807, 2.05) is 11.9 Å². The molecule has 1 aromatic rings. The fourth-order valence-corrected chi connectivity index (χ4v) is 2.27. The number of nitrogens with two attached hydrogens (primary N) is 1. The lowest BCUT2D eigenvalue weighted by Crippen LogP contribution is -2.44. The Hall–Kier alpha value is -1.49. The molecule has 1 fully saturated rings. The molecular formula is C12H20N4O. The number of H-pyrrole nitrogens is 1. The summed E-state index contributed by atoms with van der Waals surface area (Å²) in [7, 11) is 3.99. The van der Waals surface area contributed by atoms with E-state index in [2.05, 4.69) is 16.9 Å². The number of hydrogen-bond acceptors (Lipinski definition) is 3. The van der Waals surface area contributed by atoms with Crippen molar-refractivity contribution in [3.63, 3.8) is 0 Å². The minimum absolute atomic E-state index is 0.0243. The summed E-state index contributed by atoms with van der Waals surface area (Å²) in [4.78, 5) is 19.2. The van der Waals surface area contributed by atoms with Gasteiger partial charge in [0.25, 0.3) is 5.91 Å². The first-order valence-electron chi connectivity index (χ1n) is 5.97. The van der Waals surface area contributed by atoms with Crippen LogP contribution in [-0.4, -0.2) is 53.9 Å². The van der Waals surface area contributed by atoms with Crippen LogP contribution in [0.2, 0.25) is 0 Å². The molecule has 5 heteroatoms. The Morgan fingerprint density at radius 3 is 2.71 bits per heavy atom. The molecule has 1 amide bonds. The highest BCUT2D eigenvalue weighted by Crippen LogP contribution is 2.17. The molecule has 2 rings (SSSR count). The van der Waals surface area contributed by atoms with E-state index in [0.717, 1.165) is 25.9 Å². The normalized spacial score (nSPS) is 18.2. The van der Waals surface area contributed by atoms with Gasteiger partial charge in [-0.3, -0.25) is 4.79 Å². The van der Waals surface area contributed by atoms with E-state index in [9.17, 15) is 4.79 Å². The SMILES string of the molecule is CN1CCC(N(C)C(=O)c2cc(N)c[nH]2)CC1. The van der Waals surface area contributed by atoms with Gasteiger partial charge in [-0.25, -0.2) is 0 Å². The Balaban J connectivity index is 2.00. The molecule has 1 saturated heterocycles. The van der Waals surface area contributed by atoms with Crippen LogP contribution in [0.4, 0.5) is 5.69 Å². The summed E-state index contributed by atoms with van der Waals surface area (Å²) in [5, 5.41) is 0. The fourth-order valence-electron chi connectivity index (χ4n) is 2.27. The van der Waals surface area contributed by atoms with Crippen molar-refractivity contribution < 1.29 is 4.79 Å². The van der Waals surface area contributed by atoms with E-state index in [-0.39, 0.29) is 5.91 Å². The average molecular weight is 236 g/mol. The van der Waals surface area contributed by atoms with Crippen molar-refractivity contribution in [3.05, 3.63) is 18.0 Å². The summed E-state index contributed by atoms with van der Waals surface area (Å²) in [6, 6.07) is 2.02. The van der Waals surface area contributed by atoms with E-state index in [0.29, 0.717) is 17.4 Å². The molecule has 1 aliphatic heterocycles. The van der Waals surface area contributed by atoms with Gasteiger partial charge in [0.1, 0.15) is 5.69 Å². The molecule has 5 nitrogen and oxygen atoms in total. The lowest BCUT2D eigenvalue weighted by Gasteiger charge is -2.34. The van der Waals surface area contributed by atoms with Crippen molar-refractivity contribution >= 4 is 11.6 Å². The Bertz CT molecular complexity index is 393. The highest BCUT2D eigenvalue weighted by atomic mass is 16.2. The molecule has 0 aromatic carbocycles. The Kier molecular flexibility index (Phi) is 3.38. The zero-order valence-corrected chi connectivity index (χ0v) is 10.4. The number of aromatic amines is 1. The molecule has 0 spiro atoms. The molecular weight excluding hydrogens is 216 g/mol. The van der Waals surface area contributed by atoms with Gasteiger partial charge < -0.3 is 20.5 Å². The lowest BCUT2D eigenvalue weighted by atomic mass is 10.0. The van der Waals surface area contributed by atoms with Gasteiger partial charge in [-0.2, -0.15) is 0 Å². The fraction of sp³-hybridized carbons (Fsp3) is 0.583. The van der Waals surface area contributed by atoms with Gasteiger partial charge in [0.05, 0.1) is 0 Å². The number of hydrogen-bond donors (Lipinski definition) is 2. The zero-order valence-electron chi connectivity index (χ0n) is 10.4. The standard InChI is InChI=1S/C12H20N4O/c1-15-5-3-10(4-6-15)16(2)12(17)11-7-9(13)8-14-11/h7-8,10,14H,3-6,13H2,1-2H3. The van der Waals surface area contributed by atoms with Crippen LogP contribution in [0.25, 0.3) is 0 Å². The molecule has 3 N–H and O–H groups in total. The first-order valence-corrected chi connectivity index (χ1v) is 5.97. The van der Waals surface area contributed by atoms with Gasteiger partial charge in [0.2, 0.25) is 0 Å². The van der Waals surface area contributed by atoms with E-state index >= 15 is 0 Å². The topological polar surface area (TPSA) is 65.4 Å². The highest BCUT2D eigenvalue weighted by Gasteiger charge is 2.25. The third-order valence-corrected chi connectivity index (χ3v) is 3.49. The van der Waals surface area contributed by atoms with Crippen molar-refractivity contribution in [1.82, 2.24) is 14.8 Å². The predicted molar refractivity (Wildman–Crippen MR) is 67.8 cm³/mol. The van der Waals surface area contributed by atoms with Crippen LogP contribution >= 0.6 is 0 Å². The monoisotopic (exact) mass is 236 g/mol. The smallest absolute Gasteiger partial charge is 0.270 e.